The van der Waals surface area contributed by atoms with E-state index in [2.05, 4.69) is 0 Å². The van der Waals surface area contributed by atoms with Crippen molar-refractivity contribution < 1.29 is 17.9 Å². The fourth-order valence-electron chi connectivity index (χ4n) is 1.29. The van der Waals surface area contributed by atoms with Crippen molar-refractivity contribution in [1.29, 1.82) is 0 Å². The fraction of sp³-hybridized carbons (Fsp3) is 0.900. The number of amides is 1. The van der Waals surface area contributed by atoms with E-state index in [1.54, 1.807) is 20.8 Å². The van der Waals surface area contributed by atoms with E-state index in [1.807, 2.05) is 6.92 Å². The molecule has 94 valence electrons. The Hall–Kier alpha value is -0.620. The fourth-order valence-corrected chi connectivity index (χ4v) is 2.27. The zero-order chi connectivity index (χ0) is 12.3. The number of nitrogens with zero attached hydrogens (tertiary/aromatic N) is 1. The molecule has 1 rings (SSSR count). The lowest BCUT2D eigenvalue weighted by atomic mass is 10.2. The molecule has 6 heteroatoms. The van der Waals surface area contributed by atoms with E-state index in [0.29, 0.717) is 13.0 Å². The Morgan fingerprint density at radius 3 is 2.62 bits per heavy atom. The Morgan fingerprint density at radius 1 is 1.56 bits per heavy atom. The molecule has 0 spiro atoms. The molecule has 0 aromatic rings. The van der Waals surface area contributed by atoms with Gasteiger partial charge in [0.25, 0.3) is 11.3 Å². The van der Waals surface area contributed by atoms with Gasteiger partial charge in [0.1, 0.15) is 5.60 Å². The van der Waals surface area contributed by atoms with E-state index in [9.17, 15) is 9.00 Å². The van der Waals surface area contributed by atoms with E-state index < -0.39 is 23.0 Å². The average Bonchev–Trinajstić information content (AvgIpc) is 2.14. The molecule has 1 heterocycles. The smallest absolute Gasteiger partial charge is 0.424 e. The minimum atomic E-state index is -1.71. The second-order valence-corrected chi connectivity index (χ2v) is 5.78. The van der Waals surface area contributed by atoms with Crippen LogP contribution in [-0.2, 0) is 20.2 Å². The lowest BCUT2D eigenvalue weighted by molar-refractivity contribution is 0.0318. The van der Waals surface area contributed by atoms with Crippen LogP contribution >= 0.6 is 0 Å². The van der Waals surface area contributed by atoms with Gasteiger partial charge in [0, 0.05) is 6.54 Å². The van der Waals surface area contributed by atoms with Gasteiger partial charge in [-0.25, -0.2) is 13.3 Å². The van der Waals surface area contributed by atoms with Crippen molar-refractivity contribution in [3.8, 4) is 0 Å². The molecule has 2 unspecified atom stereocenters. The number of rotatable bonds is 1. The minimum absolute atomic E-state index is 0.0282. The van der Waals surface area contributed by atoms with Crippen LogP contribution in [0.4, 0.5) is 4.79 Å². The summed E-state index contributed by atoms with van der Waals surface area (Å²) in [6.07, 6.45) is 0.884. The summed E-state index contributed by atoms with van der Waals surface area (Å²) in [6, 6.07) is 0. The SMILES string of the molecule is CCC1CCN(C(=O)OC(C)(C)C)S(=O)O1. The van der Waals surface area contributed by atoms with Crippen molar-refractivity contribution in [2.24, 2.45) is 0 Å². The first kappa shape index (κ1) is 13.4. The summed E-state index contributed by atoms with van der Waals surface area (Å²) in [6.45, 7) is 7.69. The highest BCUT2D eigenvalue weighted by atomic mass is 32.2. The Bertz CT molecular complexity index is 287. The lowest BCUT2D eigenvalue weighted by Gasteiger charge is -2.31. The van der Waals surface area contributed by atoms with Crippen molar-refractivity contribution in [3.05, 3.63) is 0 Å². The molecule has 5 nitrogen and oxygen atoms in total. The topological polar surface area (TPSA) is 55.8 Å². The van der Waals surface area contributed by atoms with E-state index >= 15 is 0 Å². The number of hydrogen-bond donors (Lipinski definition) is 0. The summed E-state index contributed by atoms with van der Waals surface area (Å²) in [5.74, 6) is 0. The molecule has 1 aliphatic rings. The zero-order valence-electron chi connectivity index (χ0n) is 10.2. The Labute approximate surface area is 98.9 Å². The van der Waals surface area contributed by atoms with Crippen LogP contribution in [0.1, 0.15) is 40.5 Å². The van der Waals surface area contributed by atoms with Crippen molar-refractivity contribution in [2.75, 3.05) is 6.54 Å². The van der Waals surface area contributed by atoms with Crippen LogP contribution < -0.4 is 0 Å². The maximum Gasteiger partial charge on any atom is 0.424 e. The molecular weight excluding hydrogens is 230 g/mol. The molecule has 0 saturated carbocycles. The maximum absolute atomic E-state index is 11.6. The molecule has 0 radical (unpaired) electrons. The normalized spacial score (nSPS) is 26.6. The van der Waals surface area contributed by atoms with E-state index in [4.69, 9.17) is 8.92 Å². The summed E-state index contributed by atoms with van der Waals surface area (Å²) in [4.78, 5) is 11.6. The van der Waals surface area contributed by atoms with Crippen LogP contribution in [0.15, 0.2) is 0 Å². The summed E-state index contributed by atoms with van der Waals surface area (Å²) in [7, 11) is 0. The first-order valence-electron chi connectivity index (χ1n) is 5.43. The number of hydrogen-bond acceptors (Lipinski definition) is 4. The van der Waals surface area contributed by atoms with Crippen LogP contribution in [-0.4, -0.2) is 32.9 Å². The number of carbonyl (C=O) groups excluding carboxylic acids is 1. The molecule has 1 aliphatic heterocycles. The van der Waals surface area contributed by atoms with E-state index in [1.165, 1.54) is 0 Å². The van der Waals surface area contributed by atoms with Gasteiger partial charge < -0.3 is 4.74 Å². The Kier molecular flexibility index (Phi) is 4.32. The predicted molar refractivity (Wildman–Crippen MR) is 60.9 cm³/mol. The van der Waals surface area contributed by atoms with Gasteiger partial charge >= 0.3 is 6.09 Å². The third-order valence-corrected chi connectivity index (χ3v) is 3.23. The summed E-state index contributed by atoms with van der Waals surface area (Å²) in [5, 5.41) is 0. The van der Waals surface area contributed by atoms with Crippen LogP contribution in [0.3, 0.4) is 0 Å². The van der Waals surface area contributed by atoms with Crippen molar-refractivity contribution in [3.63, 3.8) is 0 Å². The largest absolute Gasteiger partial charge is 0.443 e. The van der Waals surface area contributed by atoms with Gasteiger partial charge in [-0.1, -0.05) is 6.92 Å². The van der Waals surface area contributed by atoms with Gasteiger partial charge in [0.05, 0.1) is 6.10 Å². The predicted octanol–water partition coefficient (Wildman–Crippen LogP) is 2.00. The third-order valence-electron chi connectivity index (χ3n) is 2.10. The Balaban J connectivity index is 2.56. The summed E-state index contributed by atoms with van der Waals surface area (Å²) < 4.78 is 23.0. The quantitative estimate of drug-likeness (QED) is 0.713. The first-order valence-corrected chi connectivity index (χ1v) is 6.46. The van der Waals surface area contributed by atoms with E-state index in [-0.39, 0.29) is 6.10 Å². The monoisotopic (exact) mass is 249 g/mol. The summed E-state index contributed by atoms with van der Waals surface area (Å²) in [5.41, 5.74) is -0.580. The molecule has 2 atom stereocenters. The standard InChI is InChI=1S/C10H19NO4S/c1-5-8-6-7-11(16(13)15-8)9(12)14-10(2,3)4/h8H,5-7H2,1-4H3. The molecule has 1 saturated heterocycles. The maximum atomic E-state index is 11.6. The van der Waals surface area contributed by atoms with Crippen LogP contribution in [0.2, 0.25) is 0 Å². The van der Waals surface area contributed by atoms with Crippen LogP contribution in [0, 0.1) is 0 Å². The van der Waals surface area contributed by atoms with Crippen molar-refractivity contribution in [1.82, 2.24) is 4.31 Å². The molecule has 0 aliphatic carbocycles. The van der Waals surface area contributed by atoms with Gasteiger partial charge in [-0.15, -0.1) is 0 Å². The first-order chi connectivity index (χ1) is 7.33. The highest BCUT2D eigenvalue weighted by molar-refractivity contribution is 7.78. The second kappa shape index (κ2) is 5.14. The van der Waals surface area contributed by atoms with Gasteiger partial charge in [-0.2, -0.15) is 0 Å². The molecule has 0 aromatic carbocycles. The highest BCUT2D eigenvalue weighted by Crippen LogP contribution is 2.19. The molecule has 0 aromatic heterocycles. The van der Waals surface area contributed by atoms with Crippen LogP contribution in [0.5, 0.6) is 0 Å². The summed E-state index contributed by atoms with van der Waals surface area (Å²) >= 11 is -1.71. The third kappa shape index (κ3) is 3.75. The van der Waals surface area contributed by atoms with Gasteiger partial charge in [0.2, 0.25) is 0 Å². The molecular formula is C10H19NO4S. The molecule has 0 bridgehead atoms. The van der Waals surface area contributed by atoms with Crippen molar-refractivity contribution >= 4 is 17.4 Å². The zero-order valence-corrected chi connectivity index (χ0v) is 11.0. The second-order valence-electron chi connectivity index (χ2n) is 4.71. The van der Waals surface area contributed by atoms with Gasteiger partial charge in [0.15, 0.2) is 0 Å². The van der Waals surface area contributed by atoms with Gasteiger partial charge in [-0.05, 0) is 33.6 Å². The molecule has 1 amide bonds. The molecule has 1 fully saturated rings. The molecule has 16 heavy (non-hydrogen) atoms. The number of ether oxygens (including phenoxy) is 1. The average molecular weight is 249 g/mol. The van der Waals surface area contributed by atoms with E-state index in [0.717, 1.165) is 10.7 Å². The van der Waals surface area contributed by atoms with Gasteiger partial charge in [-0.3, -0.25) is 4.18 Å². The van der Waals surface area contributed by atoms with Crippen LogP contribution in [0.25, 0.3) is 0 Å². The Morgan fingerprint density at radius 2 is 2.19 bits per heavy atom. The van der Waals surface area contributed by atoms with Crippen molar-refractivity contribution in [2.45, 2.75) is 52.2 Å². The molecule has 0 N–H and O–H groups in total. The highest BCUT2D eigenvalue weighted by Gasteiger charge is 2.32. The number of carbonyl (C=O) groups is 1. The minimum Gasteiger partial charge on any atom is -0.443 e. The lowest BCUT2D eigenvalue weighted by Crippen LogP contribution is -2.44.